The van der Waals surface area contributed by atoms with Crippen LogP contribution in [0, 0.1) is 17.2 Å². The van der Waals surface area contributed by atoms with Crippen LogP contribution in [-0.2, 0) is 11.2 Å². The summed E-state index contributed by atoms with van der Waals surface area (Å²) in [6, 6.07) is 10.1. The lowest BCUT2D eigenvalue weighted by Crippen LogP contribution is -2.60. The number of nitrogens with zero attached hydrogens (tertiary/aromatic N) is 1. The van der Waals surface area contributed by atoms with Crippen LogP contribution in [0.1, 0.15) is 65.3 Å². The highest BCUT2D eigenvalue weighted by atomic mass is 79.9. The highest BCUT2D eigenvalue weighted by molar-refractivity contribution is 9.10. The zero-order valence-electron chi connectivity index (χ0n) is 21.2. The van der Waals surface area contributed by atoms with Crippen LogP contribution in [0.25, 0.3) is 0 Å². The van der Waals surface area contributed by atoms with E-state index in [0.717, 1.165) is 42.1 Å². The van der Waals surface area contributed by atoms with Gasteiger partial charge in [-0.05, 0) is 80.3 Å². The van der Waals surface area contributed by atoms with Gasteiger partial charge >= 0.3 is 0 Å². The summed E-state index contributed by atoms with van der Waals surface area (Å²) in [5.41, 5.74) is 1.56. The molecule has 2 aromatic rings. The van der Waals surface area contributed by atoms with Crippen molar-refractivity contribution in [3.8, 4) is 5.75 Å². The van der Waals surface area contributed by atoms with Crippen LogP contribution in [0.15, 0.2) is 40.9 Å². The van der Waals surface area contributed by atoms with Gasteiger partial charge in [-0.1, -0.05) is 28.9 Å². The average Bonchev–Trinajstić information content (AvgIpc) is 3.74. The Kier molecular flexibility index (Phi) is 7.86. The third-order valence-corrected chi connectivity index (χ3v) is 8.69. The third kappa shape index (κ3) is 5.70. The second-order valence-electron chi connectivity index (χ2n) is 10.5. The lowest BCUT2D eigenvalue weighted by Gasteiger charge is -2.50. The molecule has 0 spiro atoms. The Hall–Kier alpha value is -2.45. The first-order valence-corrected chi connectivity index (χ1v) is 14.1. The number of benzene rings is 2. The molecule has 37 heavy (non-hydrogen) atoms. The molecule has 0 aromatic heterocycles. The van der Waals surface area contributed by atoms with Crippen molar-refractivity contribution in [2.24, 2.45) is 11.3 Å². The predicted molar refractivity (Wildman–Crippen MR) is 142 cm³/mol. The van der Waals surface area contributed by atoms with E-state index in [9.17, 15) is 14.0 Å². The Morgan fingerprint density at radius 1 is 1.24 bits per heavy atom. The lowest BCUT2D eigenvalue weighted by atomic mass is 9.72. The molecule has 5 rings (SSSR count). The summed E-state index contributed by atoms with van der Waals surface area (Å²) in [5, 5.41) is 3.15. The van der Waals surface area contributed by atoms with Crippen LogP contribution in [0.3, 0.4) is 0 Å². The first kappa shape index (κ1) is 26.2. The second-order valence-corrected chi connectivity index (χ2v) is 11.4. The molecule has 1 saturated carbocycles. The third-order valence-electron chi connectivity index (χ3n) is 7.94. The Morgan fingerprint density at radius 3 is 2.84 bits per heavy atom. The van der Waals surface area contributed by atoms with Crippen molar-refractivity contribution in [3.05, 3.63) is 63.4 Å². The summed E-state index contributed by atoms with van der Waals surface area (Å²) in [4.78, 5) is 28.4. The van der Waals surface area contributed by atoms with Gasteiger partial charge in [0, 0.05) is 47.3 Å². The molecule has 6 nitrogen and oxygen atoms in total. The van der Waals surface area contributed by atoms with Crippen LogP contribution in [0.2, 0.25) is 0 Å². The number of likely N-dealkylation sites (tertiary alicyclic amines) is 1. The van der Waals surface area contributed by atoms with E-state index in [1.807, 2.05) is 25.1 Å². The van der Waals surface area contributed by atoms with Crippen molar-refractivity contribution < 1.29 is 23.5 Å². The number of nitrogens with one attached hydrogen (secondary N) is 1. The van der Waals surface area contributed by atoms with Gasteiger partial charge in [0.25, 0.3) is 11.8 Å². The lowest BCUT2D eigenvalue weighted by molar-refractivity contribution is -0.116. The fourth-order valence-electron chi connectivity index (χ4n) is 5.63. The van der Waals surface area contributed by atoms with Crippen molar-refractivity contribution in [2.75, 3.05) is 32.8 Å². The van der Waals surface area contributed by atoms with Gasteiger partial charge in [0.2, 0.25) is 0 Å². The van der Waals surface area contributed by atoms with Gasteiger partial charge in [-0.15, -0.1) is 0 Å². The second kappa shape index (κ2) is 11.1. The van der Waals surface area contributed by atoms with E-state index in [2.05, 4.69) is 21.2 Å². The van der Waals surface area contributed by atoms with Gasteiger partial charge in [0.05, 0.1) is 12.7 Å². The SMILES string of the molecule is CCc1c(Br)cccc1C(=O)NC[C@@]12CCCO[C@@H]1CCN(C(=O)c1ccc(OCC3CC3)c(F)c1)C2. The molecule has 2 aromatic carbocycles. The van der Waals surface area contributed by atoms with Crippen LogP contribution in [-0.4, -0.2) is 55.7 Å². The van der Waals surface area contributed by atoms with E-state index in [0.29, 0.717) is 56.3 Å². The molecule has 2 aliphatic heterocycles. The predicted octanol–water partition coefficient (Wildman–Crippen LogP) is 5.38. The Bertz CT molecular complexity index is 1170. The van der Waals surface area contributed by atoms with E-state index in [1.165, 1.54) is 6.07 Å². The number of carbonyl (C=O) groups is 2. The fourth-order valence-corrected chi connectivity index (χ4v) is 6.28. The highest BCUT2D eigenvalue weighted by Crippen LogP contribution is 2.40. The maximum atomic E-state index is 14.7. The molecule has 2 heterocycles. The zero-order chi connectivity index (χ0) is 26.0. The Balaban J connectivity index is 1.29. The molecule has 0 unspecified atom stereocenters. The molecule has 2 amide bonds. The fraction of sp³-hybridized carbons (Fsp3) is 0.517. The maximum absolute atomic E-state index is 14.7. The van der Waals surface area contributed by atoms with Crippen molar-refractivity contribution in [3.63, 3.8) is 0 Å². The number of hydrogen-bond donors (Lipinski definition) is 1. The molecular weight excluding hydrogens is 539 g/mol. The molecule has 3 fully saturated rings. The quantitative estimate of drug-likeness (QED) is 0.461. The van der Waals surface area contributed by atoms with Gasteiger partial charge in [0.15, 0.2) is 11.6 Å². The van der Waals surface area contributed by atoms with E-state index in [1.54, 1.807) is 17.0 Å². The minimum absolute atomic E-state index is 0.0336. The summed E-state index contributed by atoms with van der Waals surface area (Å²) in [6.07, 6.45) is 5.37. The van der Waals surface area contributed by atoms with Crippen LogP contribution >= 0.6 is 15.9 Å². The number of fused-ring (bicyclic) bond motifs is 1. The van der Waals surface area contributed by atoms with Crippen molar-refractivity contribution in [2.45, 2.75) is 51.6 Å². The maximum Gasteiger partial charge on any atom is 0.253 e. The number of amides is 2. The van der Waals surface area contributed by atoms with E-state index in [4.69, 9.17) is 9.47 Å². The number of rotatable bonds is 8. The summed E-state index contributed by atoms with van der Waals surface area (Å²) < 4.78 is 27.3. The summed E-state index contributed by atoms with van der Waals surface area (Å²) in [6.45, 7) is 4.64. The molecule has 0 radical (unpaired) electrons. The number of ether oxygens (including phenoxy) is 2. The topological polar surface area (TPSA) is 67.9 Å². The van der Waals surface area contributed by atoms with Gasteiger partial charge in [-0.25, -0.2) is 4.39 Å². The molecule has 2 atom stereocenters. The monoisotopic (exact) mass is 572 g/mol. The number of piperidine rings is 1. The van der Waals surface area contributed by atoms with Gasteiger partial charge < -0.3 is 19.7 Å². The molecule has 1 N–H and O–H groups in total. The Morgan fingerprint density at radius 2 is 2.08 bits per heavy atom. The minimum atomic E-state index is -0.509. The minimum Gasteiger partial charge on any atom is -0.490 e. The zero-order valence-corrected chi connectivity index (χ0v) is 22.8. The molecular formula is C29H34BrFN2O4. The number of carbonyl (C=O) groups excluding carboxylic acids is 2. The smallest absolute Gasteiger partial charge is 0.253 e. The summed E-state index contributed by atoms with van der Waals surface area (Å²) >= 11 is 3.55. The molecule has 2 saturated heterocycles. The van der Waals surface area contributed by atoms with Crippen LogP contribution < -0.4 is 10.1 Å². The molecule has 8 heteroatoms. The number of halogens is 2. The molecule has 0 bridgehead atoms. The highest BCUT2D eigenvalue weighted by Gasteiger charge is 2.47. The van der Waals surface area contributed by atoms with Gasteiger partial charge in [0.1, 0.15) is 0 Å². The van der Waals surface area contributed by atoms with Crippen molar-refractivity contribution >= 4 is 27.7 Å². The average molecular weight is 574 g/mol. The molecule has 198 valence electrons. The van der Waals surface area contributed by atoms with Gasteiger partial charge in [-0.2, -0.15) is 0 Å². The molecule has 3 aliphatic rings. The van der Waals surface area contributed by atoms with Crippen LogP contribution in [0.4, 0.5) is 4.39 Å². The number of hydrogen-bond acceptors (Lipinski definition) is 4. The van der Waals surface area contributed by atoms with Gasteiger partial charge in [-0.3, -0.25) is 9.59 Å². The summed E-state index contributed by atoms with van der Waals surface area (Å²) in [7, 11) is 0. The van der Waals surface area contributed by atoms with Crippen molar-refractivity contribution in [1.82, 2.24) is 10.2 Å². The summed E-state index contributed by atoms with van der Waals surface area (Å²) in [5.74, 6) is -0.119. The van der Waals surface area contributed by atoms with E-state index < -0.39 is 5.82 Å². The van der Waals surface area contributed by atoms with E-state index >= 15 is 0 Å². The molecule has 1 aliphatic carbocycles. The Labute approximate surface area is 226 Å². The van der Waals surface area contributed by atoms with E-state index in [-0.39, 0.29) is 29.1 Å². The first-order valence-electron chi connectivity index (χ1n) is 13.3. The van der Waals surface area contributed by atoms with Crippen LogP contribution in [0.5, 0.6) is 5.75 Å². The largest absolute Gasteiger partial charge is 0.490 e. The first-order chi connectivity index (χ1) is 17.9. The van der Waals surface area contributed by atoms with Crippen molar-refractivity contribution in [1.29, 1.82) is 0 Å². The normalized spacial score (nSPS) is 23.3. The standard InChI is InChI=1S/C29H34BrFN2O4/c1-2-21-22(5-3-6-23(21)30)27(34)32-17-29-12-4-14-36-26(29)11-13-33(18-29)28(35)20-9-10-25(24(31)15-20)37-16-19-7-8-19/h3,5-6,9-10,15,19,26H,2,4,7-8,11-14,16-18H2,1H3,(H,32,34)/t26-,29-/m1/s1.